The number of rotatable bonds is 5. The zero-order valence-electron chi connectivity index (χ0n) is 7.92. The summed E-state index contributed by atoms with van der Waals surface area (Å²) in [6, 6.07) is 0. The van der Waals surface area contributed by atoms with Gasteiger partial charge in [0.15, 0.2) is 0 Å². The molecule has 1 atom stereocenters. The fraction of sp³-hybridized carbons (Fsp3) is 0.889. The normalized spacial score (nSPS) is 22.0. The molecule has 0 bridgehead atoms. The first kappa shape index (κ1) is 10.5. The molecule has 1 fully saturated rings. The molecule has 1 rings (SSSR count). The van der Waals surface area contributed by atoms with Gasteiger partial charge in [-0.3, -0.25) is 10.1 Å². The van der Waals surface area contributed by atoms with Gasteiger partial charge in [-0.25, -0.2) is 0 Å². The van der Waals surface area contributed by atoms with E-state index in [2.05, 4.69) is 5.32 Å². The van der Waals surface area contributed by atoms with Gasteiger partial charge in [0, 0.05) is 6.54 Å². The summed E-state index contributed by atoms with van der Waals surface area (Å²) < 4.78 is 0. The Kier molecular flexibility index (Phi) is 3.27. The molecule has 76 valence electrons. The van der Waals surface area contributed by atoms with Crippen LogP contribution in [-0.2, 0) is 4.79 Å². The van der Waals surface area contributed by atoms with Crippen molar-refractivity contribution in [1.82, 2.24) is 5.32 Å². The van der Waals surface area contributed by atoms with Crippen LogP contribution in [0.15, 0.2) is 0 Å². The quantitative estimate of drug-likeness (QED) is 0.581. The van der Waals surface area contributed by atoms with E-state index in [-0.39, 0.29) is 0 Å². The van der Waals surface area contributed by atoms with E-state index in [1.54, 1.807) is 0 Å². The van der Waals surface area contributed by atoms with Crippen LogP contribution in [0.3, 0.4) is 0 Å². The Morgan fingerprint density at radius 1 is 1.62 bits per heavy atom. The summed E-state index contributed by atoms with van der Waals surface area (Å²) in [5.41, 5.74) is -0.740. The summed E-state index contributed by atoms with van der Waals surface area (Å²) in [6.07, 6.45) is 2.54. The summed E-state index contributed by atoms with van der Waals surface area (Å²) in [5.74, 6) is -0.790. The second-order valence-electron chi connectivity index (χ2n) is 3.68. The number of carboxylic acids is 1. The first-order valence-electron chi connectivity index (χ1n) is 4.77. The van der Waals surface area contributed by atoms with E-state index < -0.39 is 17.6 Å². The Balaban J connectivity index is 2.36. The van der Waals surface area contributed by atoms with Crippen molar-refractivity contribution in [3.05, 3.63) is 0 Å². The maximum absolute atomic E-state index is 10.9. The SMILES string of the molecule is CCC(O)CNC1(C(=O)O)CCC1. The number of carbonyl (C=O) groups is 1. The summed E-state index contributed by atoms with van der Waals surface area (Å²) in [6.45, 7) is 2.25. The fourth-order valence-electron chi connectivity index (χ4n) is 1.45. The molecule has 1 aliphatic carbocycles. The number of nitrogens with one attached hydrogen (secondary N) is 1. The number of hydrogen-bond donors (Lipinski definition) is 3. The van der Waals surface area contributed by atoms with Crippen molar-refractivity contribution >= 4 is 5.97 Å². The van der Waals surface area contributed by atoms with Crippen molar-refractivity contribution in [1.29, 1.82) is 0 Å². The third-order valence-corrected chi connectivity index (χ3v) is 2.76. The molecule has 0 aromatic rings. The lowest BCUT2D eigenvalue weighted by atomic mass is 9.76. The Bertz CT molecular complexity index is 189. The lowest BCUT2D eigenvalue weighted by Gasteiger charge is -2.39. The zero-order chi connectivity index (χ0) is 9.90. The molecule has 0 aromatic carbocycles. The van der Waals surface area contributed by atoms with Crippen LogP contribution in [0.5, 0.6) is 0 Å². The molecule has 0 spiro atoms. The number of β-amino-alcohol motifs (C(OH)–C–C–N with tert-alkyl or cyclic N) is 1. The van der Waals surface area contributed by atoms with Crippen molar-refractivity contribution in [3.8, 4) is 0 Å². The number of hydrogen-bond acceptors (Lipinski definition) is 3. The molecule has 0 aromatic heterocycles. The average Bonchev–Trinajstić information content (AvgIpc) is 2.01. The lowest BCUT2D eigenvalue weighted by Crippen LogP contribution is -2.58. The lowest BCUT2D eigenvalue weighted by molar-refractivity contribution is -0.149. The molecule has 4 nitrogen and oxygen atoms in total. The van der Waals surface area contributed by atoms with Crippen LogP contribution >= 0.6 is 0 Å². The smallest absolute Gasteiger partial charge is 0.323 e. The maximum atomic E-state index is 10.9. The van der Waals surface area contributed by atoms with E-state index in [1.165, 1.54) is 0 Å². The van der Waals surface area contributed by atoms with Gasteiger partial charge in [0.1, 0.15) is 5.54 Å². The van der Waals surface area contributed by atoms with Crippen molar-refractivity contribution in [2.45, 2.75) is 44.2 Å². The second-order valence-corrected chi connectivity index (χ2v) is 3.68. The molecule has 1 saturated carbocycles. The highest BCUT2D eigenvalue weighted by Crippen LogP contribution is 2.31. The van der Waals surface area contributed by atoms with Crippen LogP contribution in [0.25, 0.3) is 0 Å². The highest BCUT2D eigenvalue weighted by Gasteiger charge is 2.43. The highest BCUT2D eigenvalue weighted by molar-refractivity contribution is 5.79. The summed E-state index contributed by atoms with van der Waals surface area (Å²) in [5, 5.41) is 21.1. The van der Waals surface area contributed by atoms with Gasteiger partial charge < -0.3 is 10.2 Å². The van der Waals surface area contributed by atoms with Crippen LogP contribution < -0.4 is 5.32 Å². The molecule has 3 N–H and O–H groups in total. The van der Waals surface area contributed by atoms with Gasteiger partial charge in [-0.2, -0.15) is 0 Å². The monoisotopic (exact) mass is 187 g/mol. The van der Waals surface area contributed by atoms with Crippen molar-refractivity contribution in [2.24, 2.45) is 0 Å². The highest BCUT2D eigenvalue weighted by atomic mass is 16.4. The fourth-order valence-corrected chi connectivity index (χ4v) is 1.45. The third kappa shape index (κ3) is 2.19. The maximum Gasteiger partial charge on any atom is 0.323 e. The average molecular weight is 187 g/mol. The number of carboxylic acid groups (broad SMARTS) is 1. The molecular formula is C9H17NO3. The van der Waals surface area contributed by atoms with Crippen LogP contribution in [0, 0.1) is 0 Å². The summed E-state index contributed by atoms with van der Waals surface area (Å²) in [4.78, 5) is 10.9. The topological polar surface area (TPSA) is 69.6 Å². The molecule has 4 heteroatoms. The van der Waals surface area contributed by atoms with Gasteiger partial charge in [-0.15, -0.1) is 0 Å². The largest absolute Gasteiger partial charge is 0.480 e. The van der Waals surface area contributed by atoms with E-state index in [0.717, 1.165) is 6.42 Å². The van der Waals surface area contributed by atoms with Crippen molar-refractivity contribution in [3.63, 3.8) is 0 Å². The van der Waals surface area contributed by atoms with Crippen LogP contribution in [0.4, 0.5) is 0 Å². The molecule has 0 radical (unpaired) electrons. The molecule has 13 heavy (non-hydrogen) atoms. The van der Waals surface area contributed by atoms with E-state index in [1.807, 2.05) is 6.92 Å². The van der Waals surface area contributed by atoms with E-state index in [0.29, 0.717) is 25.8 Å². The van der Waals surface area contributed by atoms with Crippen molar-refractivity contribution < 1.29 is 15.0 Å². The van der Waals surface area contributed by atoms with E-state index in [9.17, 15) is 9.90 Å². The molecule has 0 heterocycles. The first-order chi connectivity index (χ1) is 6.10. The predicted molar refractivity (Wildman–Crippen MR) is 48.5 cm³/mol. The Morgan fingerprint density at radius 2 is 2.23 bits per heavy atom. The van der Waals surface area contributed by atoms with Gasteiger partial charge in [-0.05, 0) is 25.7 Å². The minimum absolute atomic E-state index is 0.378. The minimum Gasteiger partial charge on any atom is -0.480 e. The van der Waals surface area contributed by atoms with Crippen molar-refractivity contribution in [2.75, 3.05) is 6.54 Å². The number of aliphatic carboxylic acids is 1. The van der Waals surface area contributed by atoms with Crippen LogP contribution in [-0.4, -0.2) is 34.4 Å². The van der Waals surface area contributed by atoms with Gasteiger partial charge in [0.25, 0.3) is 0 Å². The molecule has 0 aliphatic heterocycles. The molecule has 0 amide bonds. The van der Waals surface area contributed by atoms with E-state index >= 15 is 0 Å². The number of aliphatic hydroxyl groups excluding tert-OH is 1. The Morgan fingerprint density at radius 3 is 2.54 bits per heavy atom. The summed E-state index contributed by atoms with van der Waals surface area (Å²) >= 11 is 0. The van der Waals surface area contributed by atoms with Crippen LogP contribution in [0.2, 0.25) is 0 Å². The van der Waals surface area contributed by atoms with Gasteiger partial charge in [0.2, 0.25) is 0 Å². The number of aliphatic hydroxyl groups is 1. The minimum atomic E-state index is -0.790. The van der Waals surface area contributed by atoms with E-state index in [4.69, 9.17) is 5.11 Å². The molecule has 1 unspecified atom stereocenters. The van der Waals surface area contributed by atoms with Crippen LogP contribution in [0.1, 0.15) is 32.6 Å². The first-order valence-corrected chi connectivity index (χ1v) is 4.77. The molecular weight excluding hydrogens is 170 g/mol. The molecule has 0 saturated heterocycles. The van der Waals surface area contributed by atoms with Gasteiger partial charge in [-0.1, -0.05) is 6.92 Å². The zero-order valence-corrected chi connectivity index (χ0v) is 7.92. The molecule has 1 aliphatic rings. The Labute approximate surface area is 78.0 Å². The predicted octanol–water partition coefficient (Wildman–Crippen LogP) is 0.354. The third-order valence-electron chi connectivity index (χ3n) is 2.76. The Hall–Kier alpha value is -0.610. The second kappa shape index (κ2) is 4.07. The standard InChI is InChI=1S/C9H17NO3/c1-2-7(11)6-10-9(8(12)13)4-3-5-9/h7,10-11H,2-6H2,1H3,(H,12,13). The van der Waals surface area contributed by atoms with Gasteiger partial charge >= 0.3 is 5.97 Å². The summed E-state index contributed by atoms with van der Waals surface area (Å²) in [7, 11) is 0. The van der Waals surface area contributed by atoms with Gasteiger partial charge in [0.05, 0.1) is 6.10 Å².